The zero-order chi connectivity index (χ0) is 25.6. The third-order valence-electron chi connectivity index (χ3n) is 5.14. The van der Waals surface area contributed by atoms with Gasteiger partial charge in [0, 0.05) is 25.2 Å². The van der Waals surface area contributed by atoms with Crippen molar-refractivity contribution in [1.82, 2.24) is 9.88 Å². The van der Waals surface area contributed by atoms with E-state index in [0.717, 1.165) is 49.7 Å². The monoisotopic (exact) mass is 488 g/mol. The van der Waals surface area contributed by atoms with E-state index in [-0.39, 0.29) is 5.82 Å². The van der Waals surface area contributed by atoms with Crippen LogP contribution in [0, 0.1) is 18.3 Å². The van der Waals surface area contributed by atoms with Crippen LogP contribution in [0.1, 0.15) is 16.9 Å². The van der Waals surface area contributed by atoms with Gasteiger partial charge in [0.15, 0.2) is 5.76 Å². The van der Waals surface area contributed by atoms with Crippen LogP contribution in [-0.4, -0.2) is 53.4 Å². The molecule has 0 unspecified atom stereocenters. The highest BCUT2D eigenvalue weighted by atomic mass is 19.4. The van der Waals surface area contributed by atoms with Gasteiger partial charge in [0.25, 0.3) is 0 Å². The lowest BCUT2D eigenvalue weighted by atomic mass is 9.98. The molecule has 3 aromatic rings. The van der Waals surface area contributed by atoms with Crippen molar-refractivity contribution in [1.29, 1.82) is 5.26 Å². The number of carboxylic acids is 1. The van der Waals surface area contributed by atoms with Crippen LogP contribution in [0.25, 0.3) is 22.6 Å². The fourth-order valence-corrected chi connectivity index (χ4v) is 3.46. The number of hydrogen-bond acceptors (Lipinski definition) is 7. The zero-order valence-electron chi connectivity index (χ0n) is 18.8. The number of anilines is 1. The number of furan rings is 1. The van der Waals surface area contributed by atoms with E-state index < -0.39 is 12.1 Å². The number of halogens is 3. The van der Waals surface area contributed by atoms with Gasteiger partial charge >= 0.3 is 12.1 Å². The molecule has 1 aromatic carbocycles. The number of nitrogens with two attached hydrogens (primary N) is 1. The molecule has 2 aromatic heterocycles. The number of pyridine rings is 1. The number of hydrogen-bond donors (Lipinski definition) is 2. The maximum Gasteiger partial charge on any atom is 0.490 e. The number of morpholine rings is 1. The van der Waals surface area contributed by atoms with Crippen LogP contribution in [0.3, 0.4) is 0 Å². The Bertz CT molecular complexity index is 1230. The van der Waals surface area contributed by atoms with Crippen molar-refractivity contribution in [3.8, 4) is 28.7 Å². The number of carbonyl (C=O) groups is 1. The van der Waals surface area contributed by atoms with Crippen LogP contribution in [0.4, 0.5) is 19.0 Å². The normalized spacial score (nSPS) is 14.0. The van der Waals surface area contributed by atoms with Gasteiger partial charge in [-0.05, 0) is 42.3 Å². The number of aliphatic carboxylic acids is 1. The molecule has 3 N–H and O–H groups in total. The standard InChI is InChI=1S/C22H22N4O2.C2HF3O2/c1-15-5-6-21(28-15)20-12-18(19(13-23)22(24)25-20)17-4-2-3-16(11-17)14-26-7-9-27-10-8-26;3-2(4,5)1(6)7/h2-6,11-12H,7-10,14H2,1H3,(H2,24,25);(H,6,7). The molecular weight excluding hydrogens is 465 g/mol. The molecule has 1 aliphatic heterocycles. The van der Waals surface area contributed by atoms with Gasteiger partial charge in [0.2, 0.25) is 0 Å². The largest absolute Gasteiger partial charge is 0.490 e. The number of nitrogen functional groups attached to an aromatic ring is 1. The van der Waals surface area contributed by atoms with E-state index in [1.54, 1.807) is 0 Å². The van der Waals surface area contributed by atoms with Gasteiger partial charge in [-0.15, -0.1) is 0 Å². The number of nitriles is 1. The summed E-state index contributed by atoms with van der Waals surface area (Å²) in [7, 11) is 0. The first-order chi connectivity index (χ1) is 16.6. The number of alkyl halides is 3. The Hall–Kier alpha value is -3.88. The predicted octanol–water partition coefficient (Wildman–Crippen LogP) is 4.24. The second kappa shape index (κ2) is 11.0. The average Bonchev–Trinajstić information content (AvgIpc) is 3.25. The third-order valence-corrected chi connectivity index (χ3v) is 5.14. The molecule has 0 bridgehead atoms. The van der Waals surface area contributed by atoms with Crippen molar-refractivity contribution < 1.29 is 32.2 Å². The smallest absolute Gasteiger partial charge is 0.475 e. The van der Waals surface area contributed by atoms with Crippen LogP contribution in [-0.2, 0) is 16.1 Å². The van der Waals surface area contributed by atoms with E-state index in [1.807, 2.05) is 37.3 Å². The number of benzene rings is 1. The molecule has 11 heteroatoms. The highest BCUT2D eigenvalue weighted by Crippen LogP contribution is 2.32. The van der Waals surface area contributed by atoms with Crippen LogP contribution in [0.5, 0.6) is 0 Å². The molecule has 184 valence electrons. The van der Waals surface area contributed by atoms with Crippen molar-refractivity contribution in [2.45, 2.75) is 19.6 Å². The Balaban J connectivity index is 0.000000429. The van der Waals surface area contributed by atoms with E-state index in [9.17, 15) is 18.4 Å². The molecule has 0 aliphatic carbocycles. The molecule has 0 amide bonds. The number of ether oxygens (including phenoxy) is 1. The Labute approximate surface area is 199 Å². The number of carboxylic acid groups (broad SMARTS) is 1. The fraction of sp³-hybridized carbons (Fsp3) is 0.292. The Morgan fingerprint density at radius 1 is 1.23 bits per heavy atom. The lowest BCUT2D eigenvalue weighted by Gasteiger charge is -2.26. The first kappa shape index (κ1) is 25.7. The first-order valence-electron chi connectivity index (χ1n) is 10.6. The van der Waals surface area contributed by atoms with Crippen molar-refractivity contribution in [3.63, 3.8) is 0 Å². The summed E-state index contributed by atoms with van der Waals surface area (Å²) in [6.45, 7) is 6.13. The minimum absolute atomic E-state index is 0.211. The molecule has 0 spiro atoms. The van der Waals surface area contributed by atoms with Crippen LogP contribution in [0.15, 0.2) is 46.9 Å². The van der Waals surface area contributed by atoms with Gasteiger partial charge in [-0.25, -0.2) is 9.78 Å². The highest BCUT2D eigenvalue weighted by Gasteiger charge is 2.38. The summed E-state index contributed by atoms with van der Waals surface area (Å²) in [5, 5.41) is 16.8. The van der Waals surface area contributed by atoms with Crippen LogP contribution < -0.4 is 5.73 Å². The molecular formula is C24H23F3N4O4. The van der Waals surface area contributed by atoms with E-state index in [1.165, 1.54) is 5.56 Å². The molecule has 3 heterocycles. The summed E-state index contributed by atoms with van der Waals surface area (Å²) in [6.07, 6.45) is -5.08. The molecule has 4 rings (SSSR count). The lowest BCUT2D eigenvalue weighted by molar-refractivity contribution is -0.192. The van der Waals surface area contributed by atoms with Crippen LogP contribution in [0.2, 0.25) is 0 Å². The molecule has 8 nitrogen and oxygen atoms in total. The second-order valence-corrected chi connectivity index (χ2v) is 7.73. The molecule has 1 saturated heterocycles. The summed E-state index contributed by atoms with van der Waals surface area (Å²) < 4.78 is 42.9. The van der Waals surface area contributed by atoms with Gasteiger partial charge < -0.3 is 20.0 Å². The van der Waals surface area contributed by atoms with Gasteiger partial charge in [-0.3, -0.25) is 4.90 Å². The Kier molecular flexibility index (Phi) is 8.11. The Morgan fingerprint density at radius 2 is 1.91 bits per heavy atom. The zero-order valence-corrected chi connectivity index (χ0v) is 18.8. The molecule has 0 atom stereocenters. The number of rotatable bonds is 4. The van der Waals surface area contributed by atoms with E-state index in [4.69, 9.17) is 24.8 Å². The van der Waals surface area contributed by atoms with Crippen LogP contribution >= 0.6 is 0 Å². The number of aromatic nitrogens is 1. The quantitative estimate of drug-likeness (QED) is 0.559. The molecule has 0 saturated carbocycles. The molecule has 0 radical (unpaired) electrons. The van der Waals surface area contributed by atoms with Gasteiger partial charge in [0.05, 0.1) is 13.2 Å². The topological polar surface area (TPSA) is 126 Å². The number of nitrogens with zero attached hydrogens (tertiary/aromatic N) is 3. The Morgan fingerprint density at radius 3 is 2.49 bits per heavy atom. The fourth-order valence-electron chi connectivity index (χ4n) is 3.46. The van der Waals surface area contributed by atoms with E-state index in [2.05, 4.69) is 28.1 Å². The SMILES string of the molecule is Cc1ccc(-c2cc(-c3cccc(CN4CCOCC4)c3)c(C#N)c(N)n2)o1.O=C(O)C(F)(F)F. The average molecular weight is 488 g/mol. The second-order valence-electron chi connectivity index (χ2n) is 7.73. The summed E-state index contributed by atoms with van der Waals surface area (Å²) in [4.78, 5) is 15.6. The van der Waals surface area contributed by atoms with E-state index >= 15 is 0 Å². The van der Waals surface area contributed by atoms with Crippen molar-refractivity contribution >= 4 is 11.8 Å². The van der Waals surface area contributed by atoms with Crippen molar-refractivity contribution in [2.24, 2.45) is 0 Å². The minimum Gasteiger partial charge on any atom is -0.475 e. The summed E-state index contributed by atoms with van der Waals surface area (Å²) >= 11 is 0. The summed E-state index contributed by atoms with van der Waals surface area (Å²) in [5.74, 6) is -1.11. The maximum atomic E-state index is 10.6. The first-order valence-corrected chi connectivity index (χ1v) is 10.6. The summed E-state index contributed by atoms with van der Waals surface area (Å²) in [6, 6.07) is 16.0. The molecule has 1 fully saturated rings. The molecule has 35 heavy (non-hydrogen) atoms. The van der Waals surface area contributed by atoms with Crippen molar-refractivity contribution in [3.05, 3.63) is 59.4 Å². The minimum atomic E-state index is -5.08. The summed E-state index contributed by atoms with van der Waals surface area (Å²) in [5.41, 5.74) is 10.0. The highest BCUT2D eigenvalue weighted by molar-refractivity contribution is 5.79. The molecule has 1 aliphatic rings. The number of aryl methyl sites for hydroxylation is 1. The maximum absolute atomic E-state index is 10.6. The third kappa shape index (κ3) is 6.81. The van der Waals surface area contributed by atoms with E-state index in [0.29, 0.717) is 17.0 Å². The predicted molar refractivity (Wildman–Crippen MR) is 121 cm³/mol. The van der Waals surface area contributed by atoms with Crippen molar-refractivity contribution in [2.75, 3.05) is 32.0 Å². The van der Waals surface area contributed by atoms with Gasteiger partial charge in [-0.1, -0.05) is 18.2 Å². The van der Waals surface area contributed by atoms with Gasteiger partial charge in [0.1, 0.15) is 28.9 Å². The van der Waals surface area contributed by atoms with Gasteiger partial charge in [-0.2, -0.15) is 18.4 Å². The lowest BCUT2D eigenvalue weighted by Crippen LogP contribution is -2.35.